The van der Waals surface area contributed by atoms with E-state index in [1.165, 1.54) is 4.88 Å². The molecule has 1 heterocycles. The van der Waals surface area contributed by atoms with Gasteiger partial charge in [-0.1, -0.05) is 0 Å². The molecule has 0 aliphatic heterocycles. The van der Waals surface area contributed by atoms with Crippen LogP contribution in [0.1, 0.15) is 23.6 Å². The van der Waals surface area contributed by atoms with Crippen LogP contribution in [0.25, 0.3) is 0 Å². The topological polar surface area (TPSA) is 36.4 Å². The van der Waals surface area contributed by atoms with E-state index in [-0.39, 0.29) is 0 Å². The molecule has 1 aromatic heterocycles. The van der Waals surface area contributed by atoms with Gasteiger partial charge in [0.2, 0.25) is 0 Å². The van der Waals surface area contributed by atoms with E-state index in [0.717, 1.165) is 4.88 Å². The van der Waals surface area contributed by atoms with Crippen molar-refractivity contribution in [3.05, 3.63) is 21.9 Å². The predicted octanol–water partition coefficient (Wildman–Crippen LogP) is 2.26. The Hall–Kier alpha value is -0.940. The summed E-state index contributed by atoms with van der Waals surface area (Å²) < 4.78 is 0. The molecule has 5 heteroatoms. The minimum atomic E-state index is 0.323. The molecule has 0 fully saturated rings. The van der Waals surface area contributed by atoms with E-state index in [4.69, 9.17) is 12.2 Å². The number of rotatable bonds is 3. The zero-order chi connectivity index (χ0) is 11.3. The monoisotopic (exact) mass is 241 g/mol. The number of thiophene rings is 1. The van der Waals surface area contributed by atoms with E-state index >= 15 is 0 Å². The van der Waals surface area contributed by atoms with Crippen LogP contribution in [0.4, 0.5) is 0 Å². The first-order valence-electron chi connectivity index (χ1n) is 4.74. The summed E-state index contributed by atoms with van der Waals surface area (Å²) in [6.45, 7) is 6.13. The van der Waals surface area contributed by atoms with Gasteiger partial charge in [-0.3, -0.25) is 5.43 Å². The van der Waals surface area contributed by atoms with Gasteiger partial charge >= 0.3 is 0 Å². The smallest absolute Gasteiger partial charge is 0.187 e. The maximum absolute atomic E-state index is 5.02. The summed E-state index contributed by atoms with van der Waals surface area (Å²) in [4.78, 5) is 2.40. The highest BCUT2D eigenvalue weighted by Crippen LogP contribution is 2.12. The molecular formula is C10H15N3S2. The van der Waals surface area contributed by atoms with E-state index < -0.39 is 0 Å². The third kappa shape index (κ3) is 4.90. The van der Waals surface area contributed by atoms with Crippen LogP contribution in [0.5, 0.6) is 0 Å². The third-order valence-corrected chi connectivity index (χ3v) is 2.68. The van der Waals surface area contributed by atoms with Crippen molar-refractivity contribution >= 4 is 34.9 Å². The van der Waals surface area contributed by atoms with Gasteiger partial charge in [0.1, 0.15) is 0 Å². The van der Waals surface area contributed by atoms with Gasteiger partial charge in [-0.05, 0) is 45.1 Å². The lowest BCUT2D eigenvalue weighted by atomic mass is 10.4. The van der Waals surface area contributed by atoms with Crippen LogP contribution < -0.4 is 10.7 Å². The summed E-state index contributed by atoms with van der Waals surface area (Å²) in [6, 6.07) is 4.42. The standard InChI is InChI=1S/C10H15N3S2/c1-7(2)12-10(14)13-11-6-9-5-4-8(3)15-9/h4-7H,1-3H3,(H2,12,13,14)/b11-6-. The predicted molar refractivity (Wildman–Crippen MR) is 70.7 cm³/mol. The van der Waals surface area contributed by atoms with E-state index in [1.54, 1.807) is 17.6 Å². The molecule has 3 nitrogen and oxygen atoms in total. The van der Waals surface area contributed by atoms with Crippen molar-refractivity contribution < 1.29 is 0 Å². The van der Waals surface area contributed by atoms with Crippen molar-refractivity contribution in [2.45, 2.75) is 26.8 Å². The van der Waals surface area contributed by atoms with Crippen molar-refractivity contribution in [3.63, 3.8) is 0 Å². The van der Waals surface area contributed by atoms with Crippen molar-refractivity contribution in [3.8, 4) is 0 Å². The third-order valence-electron chi connectivity index (χ3n) is 1.54. The lowest BCUT2D eigenvalue weighted by Crippen LogP contribution is -2.36. The fraction of sp³-hybridized carbons (Fsp3) is 0.400. The van der Waals surface area contributed by atoms with Crippen LogP contribution in [-0.2, 0) is 0 Å². The lowest BCUT2D eigenvalue weighted by molar-refractivity contribution is 0.720. The molecule has 82 valence electrons. The number of aryl methyl sites for hydroxylation is 1. The van der Waals surface area contributed by atoms with Gasteiger partial charge in [-0.15, -0.1) is 11.3 Å². The second kappa shape index (κ2) is 5.82. The lowest BCUT2D eigenvalue weighted by Gasteiger charge is -2.09. The molecule has 0 saturated carbocycles. The maximum Gasteiger partial charge on any atom is 0.187 e. The average molecular weight is 241 g/mol. The van der Waals surface area contributed by atoms with Crippen LogP contribution in [0.3, 0.4) is 0 Å². The Morgan fingerprint density at radius 1 is 1.53 bits per heavy atom. The van der Waals surface area contributed by atoms with Gasteiger partial charge in [0, 0.05) is 15.8 Å². The Kier molecular flexibility index (Phi) is 4.71. The molecule has 0 aliphatic rings. The first-order valence-corrected chi connectivity index (χ1v) is 5.96. The molecule has 0 amide bonds. The summed E-state index contributed by atoms with van der Waals surface area (Å²) in [5.74, 6) is 0. The average Bonchev–Trinajstić information content (AvgIpc) is 2.50. The quantitative estimate of drug-likeness (QED) is 0.484. The minimum absolute atomic E-state index is 0.323. The molecule has 2 N–H and O–H groups in total. The summed E-state index contributed by atoms with van der Waals surface area (Å²) in [5.41, 5.74) is 2.77. The molecular weight excluding hydrogens is 226 g/mol. The zero-order valence-electron chi connectivity index (χ0n) is 9.07. The largest absolute Gasteiger partial charge is 0.359 e. The van der Waals surface area contributed by atoms with Crippen LogP contribution in [0.15, 0.2) is 17.2 Å². The SMILES string of the molecule is Cc1ccc(/C=N\NC(=S)NC(C)C)s1. The highest BCUT2D eigenvalue weighted by molar-refractivity contribution is 7.80. The van der Waals surface area contributed by atoms with Crippen molar-refractivity contribution in [1.82, 2.24) is 10.7 Å². The Balaban J connectivity index is 2.36. The van der Waals surface area contributed by atoms with E-state index in [0.29, 0.717) is 11.2 Å². The molecule has 1 rings (SSSR count). The Morgan fingerprint density at radius 2 is 2.27 bits per heavy atom. The van der Waals surface area contributed by atoms with Crippen molar-refractivity contribution in [2.24, 2.45) is 5.10 Å². The molecule has 15 heavy (non-hydrogen) atoms. The first kappa shape index (κ1) is 12.1. The number of thiocarbonyl (C=S) groups is 1. The van der Waals surface area contributed by atoms with E-state index in [1.807, 2.05) is 19.9 Å². The normalized spacial score (nSPS) is 10.9. The summed E-state index contributed by atoms with van der Waals surface area (Å²) >= 11 is 6.72. The highest BCUT2D eigenvalue weighted by atomic mass is 32.1. The summed E-state index contributed by atoms with van der Waals surface area (Å²) in [6.07, 6.45) is 1.77. The van der Waals surface area contributed by atoms with Gasteiger partial charge in [0.15, 0.2) is 5.11 Å². The van der Waals surface area contributed by atoms with Gasteiger partial charge in [0.05, 0.1) is 6.21 Å². The van der Waals surface area contributed by atoms with E-state index in [9.17, 15) is 0 Å². The number of nitrogens with one attached hydrogen (secondary N) is 2. The Bertz CT molecular complexity index is 355. The number of hydrogen-bond donors (Lipinski definition) is 2. The van der Waals surface area contributed by atoms with Crippen LogP contribution in [0, 0.1) is 6.92 Å². The second-order valence-electron chi connectivity index (χ2n) is 3.45. The molecule has 1 aromatic rings. The zero-order valence-corrected chi connectivity index (χ0v) is 10.7. The molecule has 0 saturated heterocycles. The number of hydrazone groups is 1. The maximum atomic E-state index is 5.02. The van der Waals surface area contributed by atoms with E-state index in [2.05, 4.69) is 28.8 Å². The van der Waals surface area contributed by atoms with Gasteiger partial charge in [-0.2, -0.15) is 5.10 Å². The molecule has 0 radical (unpaired) electrons. The van der Waals surface area contributed by atoms with Gasteiger partial charge in [0.25, 0.3) is 0 Å². The Morgan fingerprint density at radius 3 is 2.80 bits per heavy atom. The van der Waals surface area contributed by atoms with Crippen LogP contribution in [0.2, 0.25) is 0 Å². The first-order chi connectivity index (χ1) is 7.08. The number of nitrogens with zero attached hydrogens (tertiary/aromatic N) is 1. The van der Waals surface area contributed by atoms with Gasteiger partial charge < -0.3 is 5.32 Å². The molecule has 0 bridgehead atoms. The Labute approximate surface area is 99.6 Å². The fourth-order valence-corrected chi connectivity index (χ4v) is 2.01. The molecule has 0 unspecified atom stereocenters. The van der Waals surface area contributed by atoms with Crippen LogP contribution in [-0.4, -0.2) is 17.4 Å². The van der Waals surface area contributed by atoms with Crippen molar-refractivity contribution in [1.29, 1.82) is 0 Å². The fourth-order valence-electron chi connectivity index (χ4n) is 0.972. The summed E-state index contributed by atoms with van der Waals surface area (Å²) in [7, 11) is 0. The van der Waals surface area contributed by atoms with Crippen LogP contribution >= 0.6 is 23.6 Å². The molecule has 0 spiro atoms. The second-order valence-corrected chi connectivity index (χ2v) is 5.17. The molecule has 0 atom stereocenters. The summed E-state index contributed by atoms with van der Waals surface area (Å²) in [5, 5.41) is 7.63. The minimum Gasteiger partial charge on any atom is -0.359 e. The molecule has 0 aliphatic carbocycles. The molecule has 0 aromatic carbocycles. The highest BCUT2D eigenvalue weighted by Gasteiger charge is 1.95. The van der Waals surface area contributed by atoms with Crippen molar-refractivity contribution in [2.75, 3.05) is 0 Å². The van der Waals surface area contributed by atoms with Gasteiger partial charge in [-0.25, -0.2) is 0 Å². The number of hydrogen-bond acceptors (Lipinski definition) is 3.